The van der Waals surface area contributed by atoms with E-state index in [2.05, 4.69) is 9.44 Å². The second-order valence-corrected chi connectivity index (χ2v) is 8.65. The number of hydrogen-bond acceptors (Lipinski definition) is 5. The number of carbonyl (C=O) groups is 1. The van der Waals surface area contributed by atoms with Crippen molar-refractivity contribution >= 4 is 26.0 Å². The van der Waals surface area contributed by atoms with E-state index in [1.165, 1.54) is 12.1 Å². The number of benzene rings is 1. The van der Waals surface area contributed by atoms with Crippen molar-refractivity contribution in [2.45, 2.75) is 48.9 Å². The third-order valence-corrected chi connectivity index (χ3v) is 6.12. The van der Waals surface area contributed by atoms with Gasteiger partial charge in [0.1, 0.15) is 6.04 Å². The summed E-state index contributed by atoms with van der Waals surface area (Å²) in [5, 5.41) is 9.03. The summed E-state index contributed by atoms with van der Waals surface area (Å²) in [5.74, 6) is -1.26. The van der Waals surface area contributed by atoms with Gasteiger partial charge in [0.25, 0.3) is 0 Å². The Morgan fingerprint density at radius 2 is 1.50 bits per heavy atom. The summed E-state index contributed by atoms with van der Waals surface area (Å²) in [4.78, 5) is 10.8. The standard InChI is InChI=1S/C14H22N2O6S2/c1-3-5-13(14(17)18)16-24(21,22)12-8-6-11(7-9-12)23(19,20)15-10-4-2/h6-9,13,15-16H,3-5,10H2,1-2H3,(H,17,18). The Morgan fingerprint density at radius 3 is 1.92 bits per heavy atom. The number of aliphatic carboxylic acids is 1. The predicted octanol–water partition coefficient (Wildman–Crippen LogP) is 0.906. The summed E-state index contributed by atoms with van der Waals surface area (Å²) in [6, 6.07) is 3.38. The molecule has 0 saturated carbocycles. The SMILES string of the molecule is CCCNS(=O)(=O)c1ccc(S(=O)(=O)NC(CCC)C(=O)O)cc1. The summed E-state index contributed by atoms with van der Waals surface area (Å²) in [6.45, 7) is 3.84. The zero-order valence-electron chi connectivity index (χ0n) is 13.5. The van der Waals surface area contributed by atoms with E-state index in [1.54, 1.807) is 6.92 Å². The lowest BCUT2D eigenvalue weighted by atomic mass is 10.2. The van der Waals surface area contributed by atoms with Crippen LogP contribution in [0.2, 0.25) is 0 Å². The van der Waals surface area contributed by atoms with E-state index in [4.69, 9.17) is 5.11 Å². The first-order valence-corrected chi connectivity index (χ1v) is 10.5. The molecule has 0 aliphatic carbocycles. The molecule has 0 bridgehead atoms. The molecule has 1 rings (SSSR count). The highest BCUT2D eigenvalue weighted by atomic mass is 32.2. The molecule has 3 N–H and O–H groups in total. The van der Waals surface area contributed by atoms with Gasteiger partial charge in [0, 0.05) is 6.54 Å². The van der Waals surface area contributed by atoms with Crippen LogP contribution in [0.3, 0.4) is 0 Å². The van der Waals surface area contributed by atoms with Crippen LogP contribution in [0.15, 0.2) is 34.1 Å². The highest BCUT2D eigenvalue weighted by Gasteiger charge is 2.25. The fourth-order valence-electron chi connectivity index (χ4n) is 1.89. The number of nitrogens with one attached hydrogen (secondary N) is 2. The second-order valence-electron chi connectivity index (χ2n) is 5.17. The Balaban J connectivity index is 3.00. The summed E-state index contributed by atoms with van der Waals surface area (Å²) in [7, 11) is -7.74. The van der Waals surface area contributed by atoms with Crippen LogP contribution in [-0.2, 0) is 24.8 Å². The maximum Gasteiger partial charge on any atom is 0.321 e. The maximum atomic E-state index is 12.2. The molecule has 0 aromatic heterocycles. The first kappa shape index (κ1) is 20.6. The minimum atomic E-state index is -4.05. The first-order chi connectivity index (χ1) is 11.1. The molecule has 1 aromatic rings. The van der Waals surface area contributed by atoms with E-state index >= 15 is 0 Å². The van der Waals surface area contributed by atoms with Crippen molar-refractivity contribution < 1.29 is 26.7 Å². The molecule has 0 fully saturated rings. The molecule has 0 heterocycles. The fourth-order valence-corrected chi connectivity index (χ4v) is 4.25. The van der Waals surface area contributed by atoms with E-state index in [0.717, 1.165) is 12.1 Å². The monoisotopic (exact) mass is 378 g/mol. The zero-order valence-corrected chi connectivity index (χ0v) is 15.2. The van der Waals surface area contributed by atoms with Crippen LogP contribution >= 0.6 is 0 Å². The van der Waals surface area contributed by atoms with Gasteiger partial charge in [-0.05, 0) is 37.1 Å². The molecule has 0 amide bonds. The van der Waals surface area contributed by atoms with E-state index in [-0.39, 0.29) is 22.8 Å². The van der Waals surface area contributed by atoms with Gasteiger partial charge in [-0.1, -0.05) is 20.3 Å². The van der Waals surface area contributed by atoms with E-state index < -0.39 is 32.1 Å². The Morgan fingerprint density at radius 1 is 1.00 bits per heavy atom. The van der Waals surface area contributed by atoms with Gasteiger partial charge in [-0.15, -0.1) is 0 Å². The molecule has 1 atom stereocenters. The highest BCUT2D eigenvalue weighted by Crippen LogP contribution is 2.15. The molecule has 136 valence electrons. The third kappa shape index (κ3) is 5.55. The Labute approximate surface area is 142 Å². The topological polar surface area (TPSA) is 130 Å². The van der Waals surface area contributed by atoms with Crippen molar-refractivity contribution in [3.63, 3.8) is 0 Å². The zero-order chi connectivity index (χ0) is 18.4. The van der Waals surface area contributed by atoms with Crippen molar-refractivity contribution in [3.05, 3.63) is 24.3 Å². The van der Waals surface area contributed by atoms with Gasteiger partial charge in [0.05, 0.1) is 9.79 Å². The summed E-state index contributed by atoms with van der Waals surface area (Å²) in [5.41, 5.74) is 0. The summed E-state index contributed by atoms with van der Waals surface area (Å²) < 4.78 is 52.8. The average Bonchev–Trinajstić information content (AvgIpc) is 2.52. The molecule has 8 nitrogen and oxygen atoms in total. The van der Waals surface area contributed by atoms with Gasteiger partial charge < -0.3 is 5.11 Å². The van der Waals surface area contributed by atoms with Crippen molar-refractivity contribution in [2.75, 3.05) is 6.54 Å². The van der Waals surface area contributed by atoms with Crippen LogP contribution in [0, 0.1) is 0 Å². The minimum absolute atomic E-state index is 0.0572. The van der Waals surface area contributed by atoms with Crippen LogP contribution in [0.5, 0.6) is 0 Å². The molecule has 1 unspecified atom stereocenters. The largest absolute Gasteiger partial charge is 0.480 e. The Kier molecular flexibility index (Phi) is 7.33. The van der Waals surface area contributed by atoms with E-state index in [1.807, 2.05) is 6.92 Å². The Bertz CT molecular complexity index is 757. The molecule has 0 radical (unpaired) electrons. The number of rotatable bonds is 10. The van der Waals surface area contributed by atoms with E-state index in [9.17, 15) is 21.6 Å². The molecule has 24 heavy (non-hydrogen) atoms. The van der Waals surface area contributed by atoms with Gasteiger partial charge >= 0.3 is 5.97 Å². The molecule has 0 spiro atoms. The smallest absolute Gasteiger partial charge is 0.321 e. The Hall–Kier alpha value is -1.49. The predicted molar refractivity (Wildman–Crippen MR) is 88.6 cm³/mol. The van der Waals surface area contributed by atoms with Gasteiger partial charge in [0.15, 0.2) is 0 Å². The summed E-state index contributed by atoms with van der Waals surface area (Å²) in [6.07, 6.45) is 1.28. The van der Waals surface area contributed by atoms with Gasteiger partial charge in [-0.25, -0.2) is 21.6 Å². The molecule has 0 aliphatic heterocycles. The third-order valence-electron chi connectivity index (χ3n) is 3.16. The second kappa shape index (κ2) is 8.56. The number of hydrogen-bond donors (Lipinski definition) is 3. The summed E-state index contributed by atoms with van der Waals surface area (Å²) >= 11 is 0. The lowest BCUT2D eigenvalue weighted by molar-refractivity contribution is -0.139. The van der Waals surface area contributed by atoms with Crippen LogP contribution in [-0.4, -0.2) is 40.5 Å². The van der Waals surface area contributed by atoms with Crippen molar-refractivity contribution in [1.29, 1.82) is 0 Å². The van der Waals surface area contributed by atoms with Crippen molar-refractivity contribution in [1.82, 2.24) is 9.44 Å². The molecule has 0 aliphatic rings. The quantitative estimate of drug-likeness (QED) is 0.555. The lowest BCUT2D eigenvalue weighted by Crippen LogP contribution is -2.40. The van der Waals surface area contributed by atoms with Gasteiger partial charge in [-0.3, -0.25) is 4.79 Å². The number of carboxylic acid groups (broad SMARTS) is 1. The van der Waals surface area contributed by atoms with Gasteiger partial charge in [-0.2, -0.15) is 4.72 Å². The van der Waals surface area contributed by atoms with E-state index in [0.29, 0.717) is 12.8 Å². The number of sulfonamides is 2. The van der Waals surface area contributed by atoms with Crippen molar-refractivity contribution in [3.8, 4) is 0 Å². The molecule has 10 heteroatoms. The molecular weight excluding hydrogens is 356 g/mol. The first-order valence-electron chi connectivity index (χ1n) is 7.49. The lowest BCUT2D eigenvalue weighted by Gasteiger charge is -2.14. The van der Waals surface area contributed by atoms with Crippen LogP contribution < -0.4 is 9.44 Å². The maximum absolute atomic E-state index is 12.2. The fraction of sp³-hybridized carbons (Fsp3) is 0.500. The van der Waals surface area contributed by atoms with Crippen molar-refractivity contribution in [2.24, 2.45) is 0 Å². The van der Waals surface area contributed by atoms with Gasteiger partial charge in [0.2, 0.25) is 20.0 Å². The normalized spacial score (nSPS) is 13.6. The molecule has 1 aromatic carbocycles. The molecule has 0 saturated heterocycles. The number of carboxylic acids is 1. The minimum Gasteiger partial charge on any atom is -0.480 e. The highest BCUT2D eigenvalue weighted by molar-refractivity contribution is 7.90. The van der Waals surface area contributed by atoms with Crippen LogP contribution in [0.4, 0.5) is 0 Å². The van der Waals surface area contributed by atoms with Crippen LogP contribution in [0.25, 0.3) is 0 Å². The molecular formula is C14H22N2O6S2. The van der Waals surface area contributed by atoms with Crippen LogP contribution in [0.1, 0.15) is 33.1 Å². The average molecular weight is 378 g/mol.